The number of rotatable bonds is 4. The second-order valence-corrected chi connectivity index (χ2v) is 5.90. The van der Waals surface area contributed by atoms with Crippen LogP contribution in [0.1, 0.15) is 17.5 Å². The van der Waals surface area contributed by atoms with E-state index in [2.05, 4.69) is 31.2 Å². The number of aryl methyl sites for hydroxylation is 2. The third-order valence-electron chi connectivity index (χ3n) is 2.48. The molecule has 0 aliphatic rings. The van der Waals surface area contributed by atoms with Gasteiger partial charge in [-0.2, -0.15) is 0 Å². The van der Waals surface area contributed by atoms with Crippen LogP contribution in [0.2, 0.25) is 0 Å². The number of nitrogens with zero attached hydrogens (tertiary/aromatic N) is 3. The lowest BCUT2D eigenvalue weighted by Crippen LogP contribution is -1.99. The molecule has 0 aliphatic carbocycles. The maximum Gasteiger partial charge on any atom is 0.312 e. The first-order valence-electron chi connectivity index (χ1n) is 5.54. The number of nitro groups is 1. The molecule has 19 heavy (non-hydrogen) atoms. The van der Waals surface area contributed by atoms with E-state index < -0.39 is 4.92 Å². The minimum atomic E-state index is -0.471. The molecule has 0 amide bonds. The Bertz CT molecular complexity index is 629. The van der Waals surface area contributed by atoms with E-state index >= 15 is 0 Å². The number of pyridine rings is 1. The topological polar surface area (TPSA) is 81.0 Å². The van der Waals surface area contributed by atoms with E-state index in [9.17, 15) is 10.1 Å². The molecule has 6 nitrogen and oxygen atoms in total. The van der Waals surface area contributed by atoms with E-state index in [4.69, 9.17) is 0 Å². The Morgan fingerprint density at radius 3 is 2.89 bits per heavy atom. The van der Waals surface area contributed by atoms with E-state index in [-0.39, 0.29) is 11.5 Å². The largest absolute Gasteiger partial charge is 0.312 e. The van der Waals surface area contributed by atoms with Crippen molar-refractivity contribution in [3.63, 3.8) is 0 Å². The Morgan fingerprint density at radius 2 is 2.32 bits per heavy atom. The van der Waals surface area contributed by atoms with E-state index in [1.165, 1.54) is 23.6 Å². The average Bonchev–Trinajstić information content (AvgIpc) is 2.71. The normalized spacial score (nSPS) is 10.5. The zero-order valence-corrected chi connectivity index (χ0v) is 12.7. The minimum absolute atomic E-state index is 0.0831. The third-order valence-corrected chi connectivity index (χ3v) is 3.85. The van der Waals surface area contributed by atoms with Crippen molar-refractivity contribution in [2.24, 2.45) is 0 Å². The predicted octanol–water partition coefficient (Wildman–Crippen LogP) is 3.82. The van der Waals surface area contributed by atoms with Gasteiger partial charge in [-0.15, -0.1) is 11.3 Å². The van der Waals surface area contributed by atoms with Crippen molar-refractivity contribution in [2.75, 3.05) is 5.32 Å². The van der Waals surface area contributed by atoms with E-state index in [1.807, 2.05) is 13.8 Å². The van der Waals surface area contributed by atoms with E-state index in [0.29, 0.717) is 9.60 Å². The molecule has 0 aliphatic heterocycles. The van der Waals surface area contributed by atoms with Gasteiger partial charge >= 0.3 is 5.69 Å². The van der Waals surface area contributed by atoms with Gasteiger partial charge in [0.25, 0.3) is 0 Å². The van der Waals surface area contributed by atoms with Crippen LogP contribution in [-0.2, 0) is 6.42 Å². The third kappa shape index (κ3) is 3.07. The number of hydrogen-bond donors (Lipinski definition) is 1. The van der Waals surface area contributed by atoms with E-state index in [1.54, 1.807) is 0 Å². The minimum Gasteiger partial charge on any atom is -0.310 e. The number of anilines is 2. The molecule has 2 aromatic rings. The molecule has 8 heteroatoms. The van der Waals surface area contributed by atoms with Crippen molar-refractivity contribution in [1.82, 2.24) is 9.97 Å². The molecule has 0 fully saturated rings. The van der Waals surface area contributed by atoms with Crippen molar-refractivity contribution >= 4 is 43.9 Å². The van der Waals surface area contributed by atoms with Crippen LogP contribution in [0, 0.1) is 17.0 Å². The SMILES string of the molecule is CCc1nc(Nc2ncc(Br)cc2[N+](=O)[O-])sc1C. The van der Waals surface area contributed by atoms with E-state index in [0.717, 1.165) is 17.0 Å². The second-order valence-electron chi connectivity index (χ2n) is 3.78. The Hall–Kier alpha value is -1.54. The van der Waals surface area contributed by atoms with Gasteiger partial charge in [-0.25, -0.2) is 9.97 Å². The molecule has 0 radical (unpaired) electrons. The standard InChI is InChI=1S/C11H11BrN4O2S/c1-3-8-6(2)19-11(14-8)15-10-9(16(17)18)4-7(12)5-13-10/h4-5H,3H2,1-2H3,(H,13,14,15). The Balaban J connectivity index is 2.34. The number of nitrogens with one attached hydrogen (secondary N) is 1. The van der Waals surface area contributed by atoms with Gasteiger partial charge in [-0.1, -0.05) is 6.92 Å². The van der Waals surface area contributed by atoms with Crippen LogP contribution < -0.4 is 5.32 Å². The predicted molar refractivity (Wildman–Crippen MR) is 78.1 cm³/mol. The number of thiazole rings is 1. The average molecular weight is 343 g/mol. The van der Waals surface area contributed by atoms with Crippen LogP contribution in [0.15, 0.2) is 16.7 Å². The first-order valence-corrected chi connectivity index (χ1v) is 7.15. The van der Waals surface area contributed by atoms with Crippen LogP contribution in [0.3, 0.4) is 0 Å². The summed E-state index contributed by atoms with van der Waals surface area (Å²) in [6.07, 6.45) is 2.34. The van der Waals surface area contributed by atoms with Crippen molar-refractivity contribution in [1.29, 1.82) is 0 Å². The smallest absolute Gasteiger partial charge is 0.310 e. The molecule has 1 N–H and O–H groups in total. The summed E-state index contributed by atoms with van der Waals surface area (Å²) in [5.74, 6) is 0.199. The molecule has 0 bridgehead atoms. The van der Waals surface area contributed by atoms with Gasteiger partial charge in [0.1, 0.15) is 0 Å². The quantitative estimate of drug-likeness (QED) is 0.674. The molecule has 100 valence electrons. The van der Waals surface area contributed by atoms with Crippen molar-refractivity contribution in [3.05, 3.63) is 37.4 Å². The fraction of sp³-hybridized carbons (Fsp3) is 0.273. The summed E-state index contributed by atoms with van der Waals surface area (Å²) in [4.78, 5) is 20.0. The number of hydrogen-bond acceptors (Lipinski definition) is 6. The monoisotopic (exact) mass is 342 g/mol. The zero-order valence-electron chi connectivity index (χ0n) is 10.3. The highest BCUT2D eigenvalue weighted by Gasteiger charge is 2.17. The molecule has 0 atom stereocenters. The fourth-order valence-corrected chi connectivity index (χ4v) is 2.80. The van der Waals surface area contributed by atoms with Gasteiger partial charge in [0.05, 0.1) is 10.6 Å². The van der Waals surface area contributed by atoms with Gasteiger partial charge in [0.15, 0.2) is 5.13 Å². The Morgan fingerprint density at radius 1 is 1.58 bits per heavy atom. The highest BCUT2D eigenvalue weighted by molar-refractivity contribution is 9.10. The summed E-state index contributed by atoms with van der Waals surface area (Å²) >= 11 is 4.63. The summed E-state index contributed by atoms with van der Waals surface area (Å²) in [6.45, 7) is 4.00. The Kier molecular flexibility index (Phi) is 4.11. The molecule has 2 aromatic heterocycles. The highest BCUT2D eigenvalue weighted by Crippen LogP contribution is 2.30. The molecule has 0 saturated carbocycles. The van der Waals surface area contributed by atoms with Crippen molar-refractivity contribution in [3.8, 4) is 0 Å². The summed E-state index contributed by atoms with van der Waals surface area (Å²) < 4.78 is 0.564. The van der Waals surface area contributed by atoms with Crippen molar-refractivity contribution in [2.45, 2.75) is 20.3 Å². The van der Waals surface area contributed by atoms with Gasteiger partial charge in [-0.3, -0.25) is 10.1 Å². The van der Waals surface area contributed by atoms with Crippen LogP contribution in [0.5, 0.6) is 0 Å². The number of halogens is 1. The maximum atomic E-state index is 11.0. The van der Waals surface area contributed by atoms with Crippen LogP contribution >= 0.6 is 27.3 Å². The summed E-state index contributed by atoms with van der Waals surface area (Å²) in [6, 6.07) is 1.41. The van der Waals surface area contributed by atoms with Gasteiger partial charge in [0.2, 0.25) is 5.82 Å². The summed E-state index contributed by atoms with van der Waals surface area (Å²) in [7, 11) is 0. The molecule has 0 aromatic carbocycles. The lowest BCUT2D eigenvalue weighted by atomic mass is 10.3. The second kappa shape index (κ2) is 5.62. The first kappa shape index (κ1) is 13.9. The highest BCUT2D eigenvalue weighted by atomic mass is 79.9. The molecule has 2 heterocycles. The lowest BCUT2D eigenvalue weighted by Gasteiger charge is -2.02. The van der Waals surface area contributed by atoms with Gasteiger partial charge < -0.3 is 5.32 Å². The van der Waals surface area contributed by atoms with Crippen molar-refractivity contribution < 1.29 is 4.92 Å². The van der Waals surface area contributed by atoms with Crippen LogP contribution in [0.4, 0.5) is 16.6 Å². The van der Waals surface area contributed by atoms with Crippen LogP contribution in [0.25, 0.3) is 0 Å². The summed E-state index contributed by atoms with van der Waals surface area (Å²) in [5, 5.41) is 14.5. The van der Waals surface area contributed by atoms with Gasteiger partial charge in [0, 0.05) is 21.6 Å². The number of aromatic nitrogens is 2. The van der Waals surface area contributed by atoms with Gasteiger partial charge in [-0.05, 0) is 29.3 Å². The zero-order chi connectivity index (χ0) is 14.0. The maximum absolute atomic E-state index is 11.0. The molecule has 0 unspecified atom stereocenters. The fourth-order valence-electron chi connectivity index (χ4n) is 1.57. The molecule has 2 rings (SSSR count). The molecular weight excluding hydrogens is 332 g/mol. The summed E-state index contributed by atoms with van der Waals surface area (Å²) in [5.41, 5.74) is 0.910. The molecule has 0 spiro atoms. The molecule has 0 saturated heterocycles. The van der Waals surface area contributed by atoms with Crippen LogP contribution in [-0.4, -0.2) is 14.9 Å². The lowest BCUT2D eigenvalue weighted by molar-refractivity contribution is -0.384. The molecular formula is C11H11BrN4O2S. The Labute approximate surface area is 122 Å². The first-order chi connectivity index (χ1) is 9.01.